The molecule has 1 fully saturated rings. The minimum absolute atomic E-state index is 0.0287. The SMILES string of the molecule is CC(=O)OCC1=C(C(=O)O)N2C(=O)C(NC(=O)C(N)c3ccc(O)c(Cl)c3)[C@@H]2SC1. The lowest BCUT2D eigenvalue weighted by molar-refractivity contribution is -0.151. The molecule has 30 heavy (non-hydrogen) atoms. The zero-order chi connectivity index (χ0) is 22.2. The number of fused-ring (bicyclic) bond motifs is 1. The van der Waals surface area contributed by atoms with Crippen LogP contribution in [0.1, 0.15) is 18.5 Å². The van der Waals surface area contributed by atoms with Gasteiger partial charge in [-0.25, -0.2) is 4.79 Å². The highest BCUT2D eigenvalue weighted by Gasteiger charge is 2.54. The highest BCUT2D eigenvalue weighted by atomic mass is 35.5. The Balaban J connectivity index is 1.72. The van der Waals surface area contributed by atoms with Gasteiger partial charge in [-0.3, -0.25) is 19.3 Å². The van der Waals surface area contributed by atoms with E-state index in [0.717, 1.165) is 4.90 Å². The van der Waals surface area contributed by atoms with Gasteiger partial charge < -0.3 is 26.0 Å². The van der Waals surface area contributed by atoms with Gasteiger partial charge in [-0.2, -0.15) is 0 Å². The van der Waals surface area contributed by atoms with E-state index in [1.54, 1.807) is 0 Å². The van der Waals surface area contributed by atoms with E-state index in [-0.39, 0.29) is 28.8 Å². The number of esters is 1. The summed E-state index contributed by atoms with van der Waals surface area (Å²) < 4.78 is 4.87. The Morgan fingerprint density at radius 1 is 1.43 bits per heavy atom. The number of hydrogen-bond acceptors (Lipinski definition) is 8. The number of hydrogen-bond donors (Lipinski definition) is 4. The second-order valence-electron chi connectivity index (χ2n) is 6.62. The predicted molar refractivity (Wildman–Crippen MR) is 106 cm³/mol. The van der Waals surface area contributed by atoms with Crippen molar-refractivity contribution in [1.82, 2.24) is 10.2 Å². The van der Waals surface area contributed by atoms with Crippen LogP contribution in [0, 0.1) is 0 Å². The number of nitrogens with two attached hydrogens (primary N) is 1. The zero-order valence-electron chi connectivity index (χ0n) is 15.6. The number of phenolic OH excluding ortho intramolecular Hbond substituents is 1. The number of thioether (sulfide) groups is 1. The summed E-state index contributed by atoms with van der Waals surface area (Å²) in [4.78, 5) is 48.9. The number of aliphatic carboxylic acids is 1. The molecule has 2 heterocycles. The molecule has 3 rings (SSSR count). The second kappa shape index (κ2) is 8.54. The molecule has 0 radical (unpaired) electrons. The largest absolute Gasteiger partial charge is 0.506 e. The third-order valence-electron chi connectivity index (χ3n) is 4.61. The Morgan fingerprint density at radius 2 is 2.13 bits per heavy atom. The van der Waals surface area contributed by atoms with E-state index < -0.39 is 41.2 Å². The van der Waals surface area contributed by atoms with Crippen molar-refractivity contribution in [2.24, 2.45) is 5.73 Å². The molecule has 2 amide bonds. The Labute approximate surface area is 180 Å². The van der Waals surface area contributed by atoms with Gasteiger partial charge in [-0.05, 0) is 17.7 Å². The topological polar surface area (TPSA) is 159 Å². The molecule has 10 nitrogen and oxygen atoms in total. The Hall–Kier alpha value is -2.76. The van der Waals surface area contributed by atoms with Gasteiger partial charge in [0.05, 0.1) is 5.02 Å². The van der Waals surface area contributed by atoms with E-state index in [4.69, 9.17) is 22.1 Å². The highest BCUT2D eigenvalue weighted by Crippen LogP contribution is 2.40. The van der Waals surface area contributed by atoms with Crippen molar-refractivity contribution in [3.05, 3.63) is 40.1 Å². The van der Waals surface area contributed by atoms with Crippen molar-refractivity contribution in [2.45, 2.75) is 24.4 Å². The minimum Gasteiger partial charge on any atom is -0.506 e. The van der Waals surface area contributed by atoms with Crippen LogP contribution in [0.25, 0.3) is 0 Å². The maximum absolute atomic E-state index is 12.6. The average Bonchev–Trinajstić information content (AvgIpc) is 2.70. The molecule has 160 valence electrons. The molecular weight excluding hydrogens is 438 g/mol. The molecule has 0 aliphatic carbocycles. The number of rotatable bonds is 6. The number of halogens is 1. The van der Waals surface area contributed by atoms with E-state index >= 15 is 0 Å². The standard InChI is InChI=1S/C18H18ClN3O7S/c1-7(23)29-5-9-6-30-17-13(16(26)22(17)14(9)18(27)28)21-15(25)12(20)8-2-3-11(24)10(19)4-8/h2-4,12-13,17,24H,5-6,20H2,1H3,(H,21,25)(H,27,28)/t12?,13?,17-/m0/s1. The first-order valence-electron chi connectivity index (χ1n) is 8.69. The molecule has 2 unspecified atom stereocenters. The third-order valence-corrected chi connectivity index (χ3v) is 6.25. The lowest BCUT2D eigenvalue weighted by atomic mass is 10.0. The molecule has 1 saturated heterocycles. The van der Waals surface area contributed by atoms with Crippen molar-refractivity contribution < 1.29 is 34.1 Å². The number of nitrogens with zero attached hydrogens (tertiary/aromatic N) is 1. The van der Waals surface area contributed by atoms with Crippen molar-refractivity contribution in [1.29, 1.82) is 0 Å². The maximum Gasteiger partial charge on any atom is 0.352 e. The number of β-lactam (4-membered cyclic amide) rings is 1. The van der Waals surface area contributed by atoms with Gasteiger partial charge in [-0.1, -0.05) is 17.7 Å². The molecule has 1 aromatic carbocycles. The van der Waals surface area contributed by atoms with Gasteiger partial charge in [0.25, 0.3) is 5.91 Å². The van der Waals surface area contributed by atoms with Crippen LogP contribution < -0.4 is 11.1 Å². The molecule has 0 aromatic heterocycles. The second-order valence-corrected chi connectivity index (χ2v) is 8.13. The first-order chi connectivity index (χ1) is 14.1. The first kappa shape index (κ1) is 21.9. The molecule has 1 aromatic rings. The summed E-state index contributed by atoms with van der Waals surface area (Å²) in [6.45, 7) is 0.967. The average molecular weight is 456 g/mol. The third kappa shape index (κ3) is 4.09. The molecule has 0 spiro atoms. The van der Waals surface area contributed by atoms with Crippen molar-refractivity contribution in [3.63, 3.8) is 0 Å². The number of carbonyl (C=O) groups excluding carboxylic acids is 3. The van der Waals surface area contributed by atoms with Gasteiger partial charge in [0.1, 0.15) is 35.5 Å². The Morgan fingerprint density at radius 3 is 2.73 bits per heavy atom. The summed E-state index contributed by atoms with van der Waals surface area (Å²) in [5.74, 6) is -3.08. The normalized spacial score (nSPS) is 21.4. The lowest BCUT2D eigenvalue weighted by Gasteiger charge is -2.49. The molecule has 3 atom stereocenters. The number of ether oxygens (including phenoxy) is 1. The lowest BCUT2D eigenvalue weighted by Crippen LogP contribution is -2.71. The summed E-state index contributed by atoms with van der Waals surface area (Å²) in [6.07, 6.45) is 0. The quantitative estimate of drug-likeness (QED) is 0.350. The van der Waals surface area contributed by atoms with Gasteiger partial charge in [0.15, 0.2) is 0 Å². The van der Waals surface area contributed by atoms with Crippen LogP contribution in [-0.4, -0.2) is 62.6 Å². The van der Waals surface area contributed by atoms with E-state index in [1.165, 1.54) is 36.9 Å². The molecule has 12 heteroatoms. The van der Waals surface area contributed by atoms with E-state index in [9.17, 15) is 29.4 Å². The monoisotopic (exact) mass is 455 g/mol. The van der Waals surface area contributed by atoms with Gasteiger partial charge >= 0.3 is 11.9 Å². The van der Waals surface area contributed by atoms with Crippen molar-refractivity contribution in [2.75, 3.05) is 12.4 Å². The number of carboxylic acid groups (broad SMARTS) is 1. The summed E-state index contributed by atoms with van der Waals surface area (Å²) in [5, 5.41) is 20.9. The minimum atomic E-state index is -1.32. The summed E-state index contributed by atoms with van der Waals surface area (Å²) >= 11 is 7.07. The van der Waals surface area contributed by atoms with Crippen LogP contribution in [0.3, 0.4) is 0 Å². The summed E-state index contributed by atoms with van der Waals surface area (Å²) in [7, 11) is 0. The highest BCUT2D eigenvalue weighted by molar-refractivity contribution is 8.00. The van der Waals surface area contributed by atoms with Gasteiger partial charge in [0, 0.05) is 18.2 Å². The van der Waals surface area contributed by atoms with Gasteiger partial charge in [-0.15, -0.1) is 11.8 Å². The fraction of sp³-hybridized carbons (Fsp3) is 0.333. The van der Waals surface area contributed by atoms with E-state index in [1.807, 2.05) is 0 Å². The smallest absolute Gasteiger partial charge is 0.352 e. The Bertz CT molecular complexity index is 967. The first-order valence-corrected chi connectivity index (χ1v) is 10.1. The van der Waals surface area contributed by atoms with Crippen LogP contribution in [0.2, 0.25) is 5.02 Å². The Kier molecular flexibility index (Phi) is 6.25. The molecule has 5 N–H and O–H groups in total. The van der Waals surface area contributed by atoms with Crippen LogP contribution in [0.5, 0.6) is 5.75 Å². The molecular formula is C18H18ClN3O7S. The van der Waals surface area contributed by atoms with E-state index in [2.05, 4.69) is 5.32 Å². The van der Waals surface area contributed by atoms with Crippen LogP contribution in [0.4, 0.5) is 0 Å². The summed E-state index contributed by atoms with van der Waals surface area (Å²) in [6, 6.07) is 1.98. The van der Waals surface area contributed by atoms with Crippen molar-refractivity contribution in [3.8, 4) is 5.75 Å². The number of nitrogens with one attached hydrogen (secondary N) is 1. The molecule has 2 aliphatic rings. The van der Waals surface area contributed by atoms with E-state index in [0.29, 0.717) is 11.1 Å². The number of carbonyl (C=O) groups is 4. The number of phenols is 1. The number of benzene rings is 1. The summed E-state index contributed by atoms with van der Waals surface area (Å²) in [5.41, 5.74) is 6.32. The fourth-order valence-electron chi connectivity index (χ4n) is 3.09. The molecule has 0 bridgehead atoms. The van der Waals surface area contributed by atoms with Crippen LogP contribution in [0.15, 0.2) is 29.5 Å². The number of aromatic hydroxyl groups is 1. The predicted octanol–water partition coefficient (Wildman–Crippen LogP) is 0.347. The van der Waals surface area contributed by atoms with Gasteiger partial charge in [0.2, 0.25) is 5.91 Å². The van der Waals surface area contributed by atoms with Crippen molar-refractivity contribution >= 4 is 47.1 Å². The number of carboxylic acids is 1. The van der Waals surface area contributed by atoms with Crippen LogP contribution >= 0.6 is 23.4 Å². The molecule has 0 saturated carbocycles. The molecule has 2 aliphatic heterocycles. The fourth-order valence-corrected chi connectivity index (χ4v) is 4.61. The zero-order valence-corrected chi connectivity index (χ0v) is 17.2. The van der Waals surface area contributed by atoms with Crippen LogP contribution in [-0.2, 0) is 23.9 Å². The maximum atomic E-state index is 12.6. The number of amides is 2.